The predicted octanol–water partition coefficient (Wildman–Crippen LogP) is 3.89. The molecule has 5 heteroatoms. The van der Waals surface area contributed by atoms with Crippen molar-refractivity contribution in [3.05, 3.63) is 81.9 Å². The molecule has 0 aliphatic heterocycles. The van der Waals surface area contributed by atoms with E-state index in [2.05, 4.69) is 9.97 Å². The Morgan fingerprint density at radius 3 is 2.48 bits per heavy atom. The van der Waals surface area contributed by atoms with Crippen LogP contribution in [0.5, 0.6) is 0 Å². The van der Waals surface area contributed by atoms with E-state index in [1.807, 2.05) is 36.6 Å². The van der Waals surface area contributed by atoms with Gasteiger partial charge in [-0.25, -0.2) is 9.37 Å². The molecular formula is C18H15FN2OS. The highest BCUT2D eigenvalue weighted by atomic mass is 32.2. The van der Waals surface area contributed by atoms with Crippen LogP contribution in [0.15, 0.2) is 64.5 Å². The van der Waals surface area contributed by atoms with Gasteiger partial charge in [-0.15, -0.1) is 0 Å². The van der Waals surface area contributed by atoms with Gasteiger partial charge in [0.2, 0.25) is 0 Å². The highest BCUT2D eigenvalue weighted by Crippen LogP contribution is 2.23. The molecule has 1 aromatic heterocycles. The van der Waals surface area contributed by atoms with Gasteiger partial charge in [0.25, 0.3) is 5.56 Å². The largest absolute Gasteiger partial charge is 0.301 e. The fraction of sp³-hybridized carbons (Fsp3) is 0.111. The zero-order chi connectivity index (χ0) is 16.2. The number of H-pyrrole nitrogens is 1. The summed E-state index contributed by atoms with van der Waals surface area (Å²) in [6.45, 7) is 0. The minimum atomic E-state index is -0.320. The Hall–Kier alpha value is -2.40. The summed E-state index contributed by atoms with van der Waals surface area (Å²) >= 11 is 1.37. The van der Waals surface area contributed by atoms with E-state index >= 15 is 0 Å². The average molecular weight is 326 g/mol. The number of aromatic nitrogens is 2. The topological polar surface area (TPSA) is 45.8 Å². The number of halogens is 1. The Balaban J connectivity index is 2.16. The van der Waals surface area contributed by atoms with Crippen molar-refractivity contribution in [3.63, 3.8) is 0 Å². The quantitative estimate of drug-likeness (QED) is 0.584. The molecule has 0 aliphatic carbocycles. The molecule has 1 heterocycles. The number of hydrogen-bond donors (Lipinski definition) is 1. The molecule has 0 saturated heterocycles. The normalized spacial score (nSPS) is 10.7. The summed E-state index contributed by atoms with van der Waals surface area (Å²) in [4.78, 5) is 19.8. The van der Waals surface area contributed by atoms with Crippen molar-refractivity contribution in [3.8, 4) is 11.3 Å². The van der Waals surface area contributed by atoms with Gasteiger partial charge < -0.3 is 4.98 Å². The van der Waals surface area contributed by atoms with Crippen LogP contribution >= 0.6 is 11.8 Å². The van der Waals surface area contributed by atoms with Gasteiger partial charge in [0.1, 0.15) is 5.82 Å². The Morgan fingerprint density at radius 2 is 1.78 bits per heavy atom. The lowest BCUT2D eigenvalue weighted by atomic mass is 10.0. The Kier molecular flexibility index (Phi) is 4.57. The molecule has 3 nitrogen and oxygen atoms in total. The zero-order valence-corrected chi connectivity index (χ0v) is 13.4. The Bertz CT molecular complexity index is 878. The second-order valence-corrected chi connectivity index (χ2v) is 5.83. The van der Waals surface area contributed by atoms with Crippen LogP contribution in [0.2, 0.25) is 0 Å². The van der Waals surface area contributed by atoms with Gasteiger partial charge in [-0.2, -0.15) is 0 Å². The van der Waals surface area contributed by atoms with Crippen molar-refractivity contribution in [1.82, 2.24) is 9.97 Å². The van der Waals surface area contributed by atoms with E-state index in [0.29, 0.717) is 22.0 Å². The first kappa shape index (κ1) is 15.5. The van der Waals surface area contributed by atoms with Gasteiger partial charge >= 0.3 is 0 Å². The van der Waals surface area contributed by atoms with Crippen molar-refractivity contribution >= 4 is 11.8 Å². The molecule has 0 radical (unpaired) electrons. The van der Waals surface area contributed by atoms with E-state index in [9.17, 15) is 9.18 Å². The second kappa shape index (κ2) is 6.79. The summed E-state index contributed by atoms with van der Waals surface area (Å²) in [6.07, 6.45) is 2.05. The molecule has 3 aromatic rings. The van der Waals surface area contributed by atoms with Crippen molar-refractivity contribution in [2.75, 3.05) is 6.26 Å². The zero-order valence-electron chi connectivity index (χ0n) is 12.5. The fourth-order valence-electron chi connectivity index (χ4n) is 2.40. The number of nitrogens with zero attached hydrogens (tertiary/aromatic N) is 1. The minimum Gasteiger partial charge on any atom is -0.301 e. The third-order valence-electron chi connectivity index (χ3n) is 3.56. The smallest absolute Gasteiger partial charge is 0.255 e. The maximum Gasteiger partial charge on any atom is 0.255 e. The molecule has 23 heavy (non-hydrogen) atoms. The summed E-state index contributed by atoms with van der Waals surface area (Å²) in [7, 11) is 0. The maximum atomic E-state index is 13.9. The number of hydrogen-bond acceptors (Lipinski definition) is 3. The van der Waals surface area contributed by atoms with Crippen LogP contribution in [0.1, 0.15) is 11.1 Å². The Morgan fingerprint density at radius 1 is 1.09 bits per heavy atom. The first-order chi connectivity index (χ1) is 11.2. The van der Waals surface area contributed by atoms with Crippen LogP contribution in [0.4, 0.5) is 4.39 Å². The molecule has 0 aliphatic rings. The first-order valence-electron chi connectivity index (χ1n) is 7.15. The van der Waals surface area contributed by atoms with E-state index < -0.39 is 0 Å². The molecule has 0 unspecified atom stereocenters. The number of nitrogens with one attached hydrogen (secondary N) is 1. The van der Waals surface area contributed by atoms with Crippen LogP contribution in [-0.2, 0) is 6.42 Å². The van der Waals surface area contributed by atoms with E-state index in [4.69, 9.17) is 0 Å². The van der Waals surface area contributed by atoms with Crippen LogP contribution < -0.4 is 5.56 Å². The minimum absolute atomic E-state index is 0.202. The van der Waals surface area contributed by atoms with Gasteiger partial charge in [0, 0.05) is 17.5 Å². The molecule has 0 amide bonds. The summed E-state index contributed by atoms with van der Waals surface area (Å²) in [5, 5.41) is 0.547. The maximum absolute atomic E-state index is 13.9. The second-order valence-electron chi connectivity index (χ2n) is 5.04. The van der Waals surface area contributed by atoms with E-state index in [1.165, 1.54) is 17.8 Å². The van der Waals surface area contributed by atoms with E-state index in [0.717, 1.165) is 5.56 Å². The molecule has 116 valence electrons. The van der Waals surface area contributed by atoms with Crippen LogP contribution in [0, 0.1) is 5.82 Å². The van der Waals surface area contributed by atoms with Gasteiger partial charge in [-0.1, -0.05) is 60.3 Å². The molecule has 1 N–H and O–H groups in total. The number of aromatic amines is 1. The van der Waals surface area contributed by atoms with E-state index in [-0.39, 0.29) is 17.8 Å². The summed E-state index contributed by atoms with van der Waals surface area (Å²) in [5.74, 6) is -0.320. The lowest BCUT2D eigenvalue weighted by molar-refractivity contribution is 0.613. The van der Waals surface area contributed by atoms with Gasteiger partial charge in [-0.3, -0.25) is 4.79 Å². The SMILES string of the molecule is CSc1nc(-c2ccccc2)c(Cc2ccccc2F)c(=O)[nH]1. The third-order valence-corrected chi connectivity index (χ3v) is 4.14. The van der Waals surface area contributed by atoms with Crippen molar-refractivity contribution in [2.24, 2.45) is 0 Å². The lowest BCUT2D eigenvalue weighted by Gasteiger charge is -2.10. The molecule has 0 atom stereocenters. The molecule has 0 bridgehead atoms. The monoisotopic (exact) mass is 326 g/mol. The highest BCUT2D eigenvalue weighted by Gasteiger charge is 2.15. The molecule has 0 fully saturated rings. The average Bonchev–Trinajstić information content (AvgIpc) is 2.59. The lowest BCUT2D eigenvalue weighted by Crippen LogP contribution is -2.17. The molecule has 2 aromatic carbocycles. The van der Waals surface area contributed by atoms with Crippen molar-refractivity contribution in [2.45, 2.75) is 11.6 Å². The number of rotatable bonds is 4. The van der Waals surface area contributed by atoms with Crippen molar-refractivity contribution in [1.29, 1.82) is 0 Å². The van der Waals surface area contributed by atoms with Crippen LogP contribution in [0.3, 0.4) is 0 Å². The molecular weight excluding hydrogens is 311 g/mol. The van der Waals surface area contributed by atoms with Crippen LogP contribution in [-0.4, -0.2) is 16.2 Å². The van der Waals surface area contributed by atoms with Crippen molar-refractivity contribution < 1.29 is 4.39 Å². The van der Waals surface area contributed by atoms with Crippen LogP contribution in [0.25, 0.3) is 11.3 Å². The number of benzene rings is 2. The highest BCUT2D eigenvalue weighted by molar-refractivity contribution is 7.98. The van der Waals surface area contributed by atoms with Gasteiger partial charge in [0.05, 0.1) is 5.69 Å². The summed E-state index contributed by atoms with van der Waals surface area (Å²) < 4.78 is 13.9. The molecule has 0 spiro atoms. The first-order valence-corrected chi connectivity index (χ1v) is 8.37. The summed E-state index contributed by atoms with van der Waals surface area (Å²) in [5.41, 5.74) is 2.17. The fourth-order valence-corrected chi connectivity index (χ4v) is 2.78. The van der Waals surface area contributed by atoms with Gasteiger partial charge in [0.15, 0.2) is 5.16 Å². The Labute approximate surface area is 137 Å². The molecule has 0 saturated carbocycles. The van der Waals surface area contributed by atoms with Gasteiger partial charge in [-0.05, 0) is 17.9 Å². The number of thioether (sulfide) groups is 1. The third kappa shape index (κ3) is 3.35. The van der Waals surface area contributed by atoms with E-state index in [1.54, 1.807) is 18.2 Å². The standard InChI is InChI=1S/C18H15FN2OS/c1-23-18-20-16(12-7-3-2-4-8-12)14(17(22)21-18)11-13-9-5-6-10-15(13)19/h2-10H,11H2,1H3,(H,20,21,22). The predicted molar refractivity (Wildman–Crippen MR) is 91.3 cm³/mol. The molecule has 3 rings (SSSR count). The summed E-state index contributed by atoms with van der Waals surface area (Å²) in [6, 6.07) is 16.0.